The molecule has 1 N–H and O–H groups in total. The van der Waals surface area contributed by atoms with Crippen LogP contribution in [-0.2, 0) is 9.59 Å². The Balaban J connectivity index is 0.00000255. The number of allylic oxidation sites excluding steroid dienone is 2. The second kappa shape index (κ2) is 16.4. The first-order valence-electron chi connectivity index (χ1n) is 16.1. The summed E-state index contributed by atoms with van der Waals surface area (Å²) in [7, 11) is 0. The molecule has 48 heavy (non-hydrogen) atoms. The molecule has 2 aromatic heterocycles. The smallest absolute Gasteiger partial charge is 0.410 e. The van der Waals surface area contributed by atoms with Crippen LogP contribution < -0.4 is 19.9 Å². The Bertz CT molecular complexity index is 1630. The van der Waals surface area contributed by atoms with Crippen molar-refractivity contribution in [2.45, 2.75) is 66.3 Å². The average Bonchev–Trinajstić information content (AvgIpc) is 3.64. The number of ketones is 1. The van der Waals surface area contributed by atoms with Gasteiger partial charge in [-0.1, -0.05) is 26.7 Å². The molecule has 1 aliphatic carbocycles. The van der Waals surface area contributed by atoms with Crippen LogP contribution in [0.2, 0.25) is 0 Å². The molecule has 0 bridgehead atoms. The highest BCUT2D eigenvalue weighted by Crippen LogP contribution is 2.33. The van der Waals surface area contributed by atoms with Crippen LogP contribution in [-0.4, -0.2) is 75.3 Å². The summed E-state index contributed by atoms with van der Waals surface area (Å²) in [6.07, 6.45) is 7.51. The van der Waals surface area contributed by atoms with Crippen molar-refractivity contribution in [2.75, 3.05) is 41.3 Å². The largest absolute Gasteiger partial charge is 0.415 e. The van der Waals surface area contributed by atoms with Gasteiger partial charge in [-0.25, -0.2) is 14.8 Å². The average molecular weight is 659 g/mol. The summed E-state index contributed by atoms with van der Waals surface area (Å²) in [4.78, 5) is 66.4. The number of carbonyl (C=O) groups is 3. The minimum Gasteiger partial charge on any atom is -0.410 e. The van der Waals surface area contributed by atoms with Gasteiger partial charge in [0.1, 0.15) is 17.4 Å². The van der Waals surface area contributed by atoms with Crippen molar-refractivity contribution in [1.82, 2.24) is 19.9 Å². The van der Waals surface area contributed by atoms with Crippen LogP contribution in [0.4, 0.5) is 33.8 Å². The number of piperazine rings is 1. The Morgan fingerprint density at radius 1 is 0.979 bits per heavy atom. The Hall–Kier alpha value is -5.40. The van der Waals surface area contributed by atoms with Crippen LogP contribution in [0.3, 0.4) is 0 Å². The number of rotatable bonds is 10. The normalized spacial score (nSPS) is 15.1. The van der Waals surface area contributed by atoms with Gasteiger partial charge in [-0.15, -0.1) is 0 Å². The number of ether oxygens (including phenoxy) is 1. The summed E-state index contributed by atoms with van der Waals surface area (Å²) in [6, 6.07) is 9.13. The first-order valence-corrected chi connectivity index (χ1v) is 16.1. The number of carbonyl (C=O) groups excluding carboxylic acids is 3. The third-order valence-electron chi connectivity index (χ3n) is 8.48. The molecule has 2 aliphatic rings. The van der Waals surface area contributed by atoms with Crippen LogP contribution in [0.1, 0.15) is 65.9 Å². The lowest BCUT2D eigenvalue weighted by molar-refractivity contribution is -0.384. The fourth-order valence-corrected chi connectivity index (χ4v) is 5.56. The topological polar surface area (TPSA) is 164 Å². The number of hydrogen-bond acceptors (Lipinski definition) is 11. The number of nitrogens with one attached hydrogen (secondary N) is 1. The van der Waals surface area contributed by atoms with E-state index < -0.39 is 11.0 Å². The van der Waals surface area contributed by atoms with Crippen LogP contribution >= 0.6 is 0 Å². The monoisotopic (exact) mass is 658 g/mol. The van der Waals surface area contributed by atoms with Crippen molar-refractivity contribution in [1.29, 1.82) is 0 Å². The number of nitrogens with zero attached hydrogens (tertiary/aromatic N) is 7. The van der Waals surface area contributed by atoms with E-state index in [2.05, 4.69) is 20.2 Å². The van der Waals surface area contributed by atoms with Crippen LogP contribution in [0.15, 0.2) is 54.4 Å². The highest BCUT2D eigenvalue weighted by molar-refractivity contribution is 6.01. The van der Waals surface area contributed by atoms with Gasteiger partial charge < -0.3 is 19.9 Å². The molecule has 1 aliphatic heterocycles. The molecule has 0 radical (unpaired) electrons. The number of amides is 2. The van der Waals surface area contributed by atoms with E-state index in [4.69, 9.17) is 9.72 Å². The zero-order valence-corrected chi connectivity index (χ0v) is 28.0. The van der Waals surface area contributed by atoms with E-state index in [1.165, 1.54) is 31.2 Å². The van der Waals surface area contributed by atoms with Crippen LogP contribution in [0.5, 0.6) is 5.75 Å². The third-order valence-corrected chi connectivity index (χ3v) is 8.48. The summed E-state index contributed by atoms with van der Waals surface area (Å²) < 4.78 is 5.38. The van der Waals surface area contributed by atoms with E-state index in [0.29, 0.717) is 49.0 Å². The van der Waals surface area contributed by atoms with Gasteiger partial charge in [-0.05, 0) is 69.0 Å². The molecule has 3 heterocycles. The Labute approximate surface area is 280 Å². The highest BCUT2D eigenvalue weighted by Gasteiger charge is 2.27. The van der Waals surface area contributed by atoms with E-state index >= 15 is 0 Å². The summed E-state index contributed by atoms with van der Waals surface area (Å²) >= 11 is 0. The van der Waals surface area contributed by atoms with E-state index in [0.717, 1.165) is 43.4 Å². The molecular formula is C34H42N8O6. The zero-order chi connectivity index (χ0) is 34.8. The minimum atomic E-state index is -0.514. The van der Waals surface area contributed by atoms with Crippen molar-refractivity contribution in [2.24, 2.45) is 0 Å². The van der Waals surface area contributed by atoms with Gasteiger partial charge in [0.25, 0.3) is 5.69 Å². The lowest BCUT2D eigenvalue weighted by atomic mass is 10.0. The maximum Gasteiger partial charge on any atom is 0.415 e. The second-order valence-electron chi connectivity index (χ2n) is 11.3. The number of aromatic nitrogens is 3. The maximum absolute atomic E-state index is 12.6. The SMILES string of the molecule is CC.CC(=O)/C(C)=C(\C)c1cnc(Nc2ccc(N3CCN(C(=O)Oc4ccc([N+](=O)[O-])cc4)CC3)cn2)nc1N(C=O)C1CCCC1. The maximum atomic E-state index is 12.6. The number of hydrogen-bond donors (Lipinski definition) is 1. The standard InChI is InChI=1S/C32H36N8O6.C2H6/c1-21(23(3)42)22(2)28-19-34-31(36-30(28)39(20-41)24-6-4-5-7-24)35-29-13-10-26(18-33-29)37-14-16-38(17-15-37)32(43)46-27-11-8-25(9-12-27)40(44)45;1-2/h8-13,18-20,24H,4-7,14-17H2,1-3H3,(H,33,34,35,36);1-2H3/b22-21+;. The second-order valence-corrected chi connectivity index (χ2v) is 11.3. The molecule has 14 heteroatoms. The van der Waals surface area contributed by atoms with Gasteiger partial charge in [0.2, 0.25) is 12.4 Å². The molecule has 3 aromatic rings. The van der Waals surface area contributed by atoms with Crippen molar-refractivity contribution in [3.8, 4) is 5.75 Å². The van der Waals surface area contributed by atoms with Gasteiger partial charge in [-0.2, -0.15) is 4.98 Å². The molecule has 0 atom stereocenters. The molecule has 2 fully saturated rings. The lowest BCUT2D eigenvalue weighted by Gasteiger charge is -2.35. The number of anilines is 4. The Morgan fingerprint density at radius 2 is 1.65 bits per heavy atom. The van der Waals surface area contributed by atoms with Crippen LogP contribution in [0, 0.1) is 10.1 Å². The predicted octanol–water partition coefficient (Wildman–Crippen LogP) is 6.16. The first-order chi connectivity index (χ1) is 23.1. The minimum absolute atomic E-state index is 0.0338. The zero-order valence-electron chi connectivity index (χ0n) is 28.0. The van der Waals surface area contributed by atoms with Crippen molar-refractivity contribution in [3.63, 3.8) is 0 Å². The van der Waals surface area contributed by atoms with E-state index in [-0.39, 0.29) is 29.2 Å². The molecule has 1 aromatic carbocycles. The Kier molecular flexibility index (Phi) is 12.1. The molecule has 1 saturated carbocycles. The molecular weight excluding hydrogens is 616 g/mol. The number of nitro groups is 1. The van der Waals surface area contributed by atoms with Crippen LogP contribution in [0.25, 0.3) is 5.57 Å². The summed E-state index contributed by atoms with van der Waals surface area (Å²) in [5.74, 6) is 1.43. The number of non-ortho nitro benzene ring substituents is 1. The van der Waals surface area contributed by atoms with Crippen molar-refractivity contribution in [3.05, 3.63) is 70.0 Å². The number of pyridine rings is 1. The molecule has 0 spiro atoms. The predicted molar refractivity (Wildman–Crippen MR) is 184 cm³/mol. The van der Waals surface area contributed by atoms with Gasteiger partial charge in [0, 0.05) is 56.1 Å². The fraction of sp³-hybridized carbons (Fsp3) is 0.412. The fourth-order valence-electron chi connectivity index (χ4n) is 5.56. The third kappa shape index (κ3) is 8.49. The van der Waals surface area contributed by atoms with Gasteiger partial charge >= 0.3 is 6.09 Å². The molecule has 2 amide bonds. The molecule has 254 valence electrons. The number of nitro benzene ring substituents is 1. The van der Waals surface area contributed by atoms with Crippen molar-refractivity contribution < 1.29 is 24.0 Å². The summed E-state index contributed by atoms with van der Waals surface area (Å²) in [5, 5.41) is 14.0. The molecule has 0 unspecified atom stereocenters. The van der Waals surface area contributed by atoms with E-state index in [1.807, 2.05) is 26.8 Å². The van der Waals surface area contributed by atoms with Gasteiger partial charge in [0.15, 0.2) is 5.78 Å². The van der Waals surface area contributed by atoms with E-state index in [9.17, 15) is 24.5 Å². The van der Waals surface area contributed by atoms with Gasteiger partial charge in [-0.3, -0.25) is 24.6 Å². The number of benzene rings is 1. The summed E-state index contributed by atoms with van der Waals surface area (Å²) in [5.41, 5.74) is 2.74. The quantitative estimate of drug-likeness (QED) is 0.115. The lowest BCUT2D eigenvalue weighted by Crippen LogP contribution is -2.49. The first kappa shape index (κ1) is 35.5. The highest BCUT2D eigenvalue weighted by atomic mass is 16.6. The molecule has 1 saturated heterocycles. The van der Waals surface area contributed by atoms with E-state index in [1.54, 1.807) is 35.2 Å². The van der Waals surface area contributed by atoms with Crippen molar-refractivity contribution >= 4 is 52.8 Å². The summed E-state index contributed by atoms with van der Waals surface area (Å²) in [6.45, 7) is 11.1. The Morgan fingerprint density at radius 3 is 2.21 bits per heavy atom. The van der Waals surface area contributed by atoms with Gasteiger partial charge in [0.05, 0.1) is 16.8 Å². The number of Topliss-reactive ketones (excluding diaryl/α,β-unsaturated/α-hetero) is 1. The molecule has 14 nitrogen and oxygen atoms in total. The molecule has 5 rings (SSSR count).